The van der Waals surface area contributed by atoms with E-state index in [0.717, 1.165) is 12.0 Å². The third-order valence-corrected chi connectivity index (χ3v) is 9.91. The third kappa shape index (κ3) is 6.47. The molecule has 8 nitrogen and oxygen atoms in total. The number of ether oxygens (including phenoxy) is 4. The number of Topliss-reactive ketones (excluding diaryl/α,β-unsaturated/α-hetero) is 1. The van der Waals surface area contributed by atoms with Gasteiger partial charge >= 0.3 is 5.97 Å². The van der Waals surface area contributed by atoms with E-state index in [2.05, 4.69) is 45.9 Å². The van der Waals surface area contributed by atoms with E-state index in [-0.39, 0.29) is 43.2 Å². The summed E-state index contributed by atoms with van der Waals surface area (Å²) in [5, 5.41) is 23.0. The van der Waals surface area contributed by atoms with Crippen molar-refractivity contribution >= 4 is 11.8 Å². The molecule has 1 spiro atoms. The monoisotopic (exact) mass is 610 g/mol. The molecule has 3 saturated heterocycles. The van der Waals surface area contributed by atoms with Crippen molar-refractivity contribution in [3.05, 3.63) is 58.7 Å². The number of hydrogen-bond donors (Lipinski definition) is 2. The van der Waals surface area contributed by atoms with Gasteiger partial charge in [0.15, 0.2) is 5.79 Å². The maximum absolute atomic E-state index is 14.0. The van der Waals surface area contributed by atoms with Gasteiger partial charge in [0.25, 0.3) is 0 Å². The summed E-state index contributed by atoms with van der Waals surface area (Å²) >= 11 is 0. The number of carbonyl (C=O) groups excluding carboxylic acids is 2. The first-order valence-electron chi connectivity index (χ1n) is 16.2. The van der Waals surface area contributed by atoms with Gasteiger partial charge in [-0.2, -0.15) is 0 Å². The molecule has 8 heteroatoms. The first kappa shape index (κ1) is 33.0. The summed E-state index contributed by atoms with van der Waals surface area (Å²) in [4.78, 5) is 27.5. The summed E-state index contributed by atoms with van der Waals surface area (Å²) < 4.78 is 25.5. The Kier molecular flexibility index (Phi) is 9.60. The second-order valence-corrected chi connectivity index (χ2v) is 14.2. The van der Waals surface area contributed by atoms with E-state index in [4.69, 9.17) is 18.9 Å². The summed E-state index contributed by atoms with van der Waals surface area (Å²) in [5.41, 5.74) is 1.52. The van der Waals surface area contributed by atoms with E-state index < -0.39 is 47.7 Å². The van der Waals surface area contributed by atoms with E-state index in [1.54, 1.807) is 19.1 Å². The lowest BCUT2D eigenvalue weighted by atomic mass is 9.71. The van der Waals surface area contributed by atoms with Crippen LogP contribution in [0, 0.1) is 23.7 Å². The van der Waals surface area contributed by atoms with Crippen LogP contribution in [0.5, 0.6) is 0 Å². The van der Waals surface area contributed by atoms with Crippen LogP contribution in [0.1, 0.15) is 80.6 Å². The molecule has 44 heavy (non-hydrogen) atoms. The number of hydrogen-bond acceptors (Lipinski definition) is 8. The van der Waals surface area contributed by atoms with Crippen molar-refractivity contribution in [1.82, 2.24) is 0 Å². The highest BCUT2D eigenvalue weighted by atomic mass is 16.7. The molecule has 5 rings (SSSR count). The minimum atomic E-state index is -1.75. The van der Waals surface area contributed by atoms with E-state index in [1.807, 2.05) is 19.9 Å². The highest BCUT2D eigenvalue weighted by molar-refractivity contribution is 5.83. The zero-order valence-corrected chi connectivity index (χ0v) is 27.2. The standard InChI is InChI=1S/C36H50O8/c1-20(2)13-24(6)32-25(7)30(37)18-35(44-32)17-28-16-27(43-35)12-11-22(4)14-21(3)9-8-10-26-19-41-33-31(38)23(5)15-29(34(39)42-28)36(26,33)40/h8-11,13,15,20-21,25,27-29,31-33,38,40H,12,14,16-19H2,1-7H3/b9-8-,22-11-,24-13+,26-10?/t21-,25-,27+,28-,29-,31+,32+,33+,35-,36+/m0/s1. The minimum absolute atomic E-state index is 0.0628. The molecule has 1 aliphatic carbocycles. The fourth-order valence-corrected chi connectivity index (χ4v) is 7.69. The SMILES string of the molecule is CC1=C[C@H]2C(=O)O[C@H]3C[C@@H](C/C=C(/C)C[C@@H](C)/C=C\C=C4CO[C@H]([C@@H]1O)[C@@]42O)O[C@@]1(CC(=O)[C@H](C)[C@@H](/C(C)=C/C(C)C)O1)C3. The van der Waals surface area contributed by atoms with Crippen molar-refractivity contribution in [2.45, 2.75) is 122 Å². The van der Waals surface area contributed by atoms with Crippen LogP contribution in [0.25, 0.3) is 0 Å². The van der Waals surface area contributed by atoms with E-state index in [9.17, 15) is 19.8 Å². The van der Waals surface area contributed by atoms with E-state index >= 15 is 0 Å². The molecule has 0 saturated carbocycles. The van der Waals surface area contributed by atoms with Gasteiger partial charge in [0.1, 0.15) is 35.6 Å². The lowest BCUT2D eigenvalue weighted by Gasteiger charge is -2.49. The van der Waals surface area contributed by atoms with Gasteiger partial charge in [0.2, 0.25) is 0 Å². The summed E-state index contributed by atoms with van der Waals surface area (Å²) in [7, 11) is 0. The molecule has 0 unspecified atom stereocenters. The third-order valence-electron chi connectivity index (χ3n) is 9.91. The maximum Gasteiger partial charge on any atom is 0.316 e. The quantitative estimate of drug-likeness (QED) is 0.320. The molecule has 0 radical (unpaired) electrons. The Hall–Kier alpha value is -2.36. The Morgan fingerprint density at radius 2 is 1.89 bits per heavy atom. The molecule has 3 fully saturated rings. The second kappa shape index (κ2) is 12.8. The summed E-state index contributed by atoms with van der Waals surface area (Å²) in [6.45, 7) is 14.1. The number of aliphatic hydroxyl groups excluding tert-OH is 1. The van der Waals surface area contributed by atoms with Crippen molar-refractivity contribution < 1.29 is 38.7 Å². The Morgan fingerprint density at radius 3 is 2.61 bits per heavy atom. The summed E-state index contributed by atoms with van der Waals surface area (Å²) in [6, 6.07) is 0. The van der Waals surface area contributed by atoms with Crippen LogP contribution in [0.15, 0.2) is 58.7 Å². The van der Waals surface area contributed by atoms with E-state index in [1.165, 1.54) is 5.57 Å². The zero-order valence-electron chi connectivity index (χ0n) is 27.2. The van der Waals surface area contributed by atoms with Gasteiger partial charge in [0, 0.05) is 18.8 Å². The molecule has 2 bridgehead atoms. The number of esters is 1. The number of fused-ring (bicyclic) bond motifs is 2. The number of ketones is 1. The fourth-order valence-electron chi connectivity index (χ4n) is 7.69. The van der Waals surface area contributed by atoms with Crippen molar-refractivity contribution in [3.63, 3.8) is 0 Å². The average Bonchev–Trinajstić information content (AvgIpc) is 3.27. The molecule has 10 atom stereocenters. The molecule has 4 heterocycles. The molecule has 0 aromatic heterocycles. The predicted octanol–water partition coefficient (Wildman–Crippen LogP) is 5.30. The van der Waals surface area contributed by atoms with Crippen LogP contribution < -0.4 is 0 Å². The summed E-state index contributed by atoms with van der Waals surface area (Å²) in [6.07, 6.45) is 10.4. The molecule has 4 aliphatic heterocycles. The van der Waals surface area contributed by atoms with Gasteiger partial charge in [-0.05, 0) is 62.2 Å². The molecule has 242 valence electrons. The van der Waals surface area contributed by atoms with Crippen molar-refractivity contribution in [2.24, 2.45) is 23.7 Å². The molecular weight excluding hydrogens is 560 g/mol. The first-order chi connectivity index (χ1) is 20.7. The average molecular weight is 611 g/mol. The Labute approximate surface area is 261 Å². The zero-order chi connectivity index (χ0) is 32.0. The predicted molar refractivity (Wildman–Crippen MR) is 166 cm³/mol. The smallest absolute Gasteiger partial charge is 0.316 e. The largest absolute Gasteiger partial charge is 0.462 e. The summed E-state index contributed by atoms with van der Waals surface area (Å²) in [5.74, 6) is -2.63. The Bertz CT molecular complexity index is 1290. The van der Waals surface area contributed by atoms with Crippen LogP contribution in [-0.2, 0) is 28.5 Å². The molecule has 0 amide bonds. The van der Waals surface area contributed by atoms with Crippen molar-refractivity contribution in [1.29, 1.82) is 0 Å². The van der Waals surface area contributed by atoms with Crippen LogP contribution in [-0.4, -0.2) is 70.5 Å². The molecular formula is C36H50O8. The molecule has 0 aromatic carbocycles. The van der Waals surface area contributed by atoms with Gasteiger partial charge in [0.05, 0.1) is 25.2 Å². The van der Waals surface area contributed by atoms with Crippen LogP contribution in [0.2, 0.25) is 0 Å². The van der Waals surface area contributed by atoms with Gasteiger partial charge in [-0.1, -0.05) is 69.7 Å². The first-order valence-corrected chi connectivity index (χ1v) is 16.2. The van der Waals surface area contributed by atoms with Crippen molar-refractivity contribution in [2.75, 3.05) is 6.61 Å². The van der Waals surface area contributed by atoms with Gasteiger partial charge in [-0.15, -0.1) is 0 Å². The van der Waals surface area contributed by atoms with E-state index in [0.29, 0.717) is 29.9 Å². The van der Waals surface area contributed by atoms with Crippen molar-refractivity contribution in [3.8, 4) is 0 Å². The number of aliphatic hydroxyl groups is 2. The van der Waals surface area contributed by atoms with Gasteiger partial charge in [-0.25, -0.2) is 0 Å². The van der Waals surface area contributed by atoms with Crippen LogP contribution in [0.4, 0.5) is 0 Å². The number of allylic oxidation sites excluding steroid dienone is 5. The molecule has 0 aromatic rings. The maximum atomic E-state index is 14.0. The fraction of sp³-hybridized carbons (Fsp3) is 0.667. The highest BCUT2D eigenvalue weighted by Crippen LogP contribution is 2.47. The van der Waals surface area contributed by atoms with Gasteiger partial charge in [-0.3, -0.25) is 9.59 Å². The lowest BCUT2D eigenvalue weighted by molar-refractivity contribution is -0.319. The van der Waals surface area contributed by atoms with Crippen LogP contribution in [0.3, 0.4) is 0 Å². The topological polar surface area (TPSA) is 112 Å². The lowest BCUT2D eigenvalue weighted by Crippen LogP contribution is -2.59. The number of carbonyl (C=O) groups is 2. The van der Waals surface area contributed by atoms with Crippen LogP contribution >= 0.6 is 0 Å². The second-order valence-electron chi connectivity index (χ2n) is 14.2. The minimum Gasteiger partial charge on any atom is -0.462 e. The highest BCUT2D eigenvalue weighted by Gasteiger charge is 2.60. The van der Waals surface area contributed by atoms with Gasteiger partial charge < -0.3 is 29.2 Å². The molecule has 2 N–H and O–H groups in total. The molecule has 5 aliphatic rings. The Morgan fingerprint density at radius 1 is 1.14 bits per heavy atom. The normalized spacial score (nSPS) is 44.0. The number of rotatable bonds is 2. The Balaban J connectivity index is 1.53.